The largest absolute Gasteiger partial charge is 0.351 e. The molecule has 1 aromatic rings. The monoisotopic (exact) mass is 248 g/mol. The van der Waals surface area contributed by atoms with Crippen molar-refractivity contribution >= 4 is 5.95 Å². The molecule has 1 aromatic heterocycles. The van der Waals surface area contributed by atoms with Gasteiger partial charge in [-0.1, -0.05) is 0 Å². The maximum atomic E-state index is 4.30. The summed E-state index contributed by atoms with van der Waals surface area (Å²) in [6, 6.07) is 0.506. The Hall–Kier alpha value is -1.16. The molecule has 0 spiro atoms. The van der Waals surface area contributed by atoms with Gasteiger partial charge in [-0.3, -0.25) is 4.90 Å². The number of nitrogens with zero attached hydrogens (tertiary/aromatic N) is 3. The lowest BCUT2D eigenvalue weighted by Crippen LogP contribution is -2.48. The van der Waals surface area contributed by atoms with Gasteiger partial charge in [0.2, 0.25) is 5.95 Å². The second-order valence-electron chi connectivity index (χ2n) is 6.16. The molecular formula is C14H24N4. The topological polar surface area (TPSA) is 41.1 Å². The Morgan fingerprint density at radius 2 is 1.72 bits per heavy atom. The van der Waals surface area contributed by atoms with Crippen molar-refractivity contribution in [3.63, 3.8) is 0 Å². The number of aryl methyl sites for hydroxylation is 1. The summed E-state index contributed by atoms with van der Waals surface area (Å²) in [5.41, 5.74) is 1.38. The normalized spacial score (nSPS) is 18.9. The SMILES string of the molecule is Cc1cnc(NC2CCN(C(C)(C)C)CC2)nc1. The summed E-state index contributed by atoms with van der Waals surface area (Å²) in [6.07, 6.45) is 6.04. The van der Waals surface area contributed by atoms with E-state index in [0.717, 1.165) is 37.4 Å². The van der Waals surface area contributed by atoms with Gasteiger partial charge in [-0.2, -0.15) is 0 Å². The van der Waals surface area contributed by atoms with Gasteiger partial charge in [-0.15, -0.1) is 0 Å². The average molecular weight is 248 g/mol. The quantitative estimate of drug-likeness (QED) is 0.873. The van der Waals surface area contributed by atoms with Crippen LogP contribution in [0.4, 0.5) is 5.95 Å². The van der Waals surface area contributed by atoms with Crippen LogP contribution in [0.15, 0.2) is 12.4 Å². The molecule has 4 nitrogen and oxygen atoms in total. The van der Waals surface area contributed by atoms with Crippen molar-refractivity contribution in [3.8, 4) is 0 Å². The fraction of sp³-hybridized carbons (Fsp3) is 0.714. The number of anilines is 1. The Bertz CT molecular complexity index is 372. The molecule has 1 aliphatic heterocycles. The minimum absolute atomic E-state index is 0.283. The van der Waals surface area contributed by atoms with E-state index in [1.54, 1.807) is 0 Å². The highest BCUT2D eigenvalue weighted by Crippen LogP contribution is 2.21. The first-order valence-corrected chi connectivity index (χ1v) is 6.75. The summed E-state index contributed by atoms with van der Waals surface area (Å²) in [5.74, 6) is 0.759. The first-order valence-electron chi connectivity index (χ1n) is 6.75. The lowest BCUT2D eigenvalue weighted by atomic mass is 9.98. The Morgan fingerprint density at radius 3 is 2.22 bits per heavy atom. The van der Waals surface area contributed by atoms with E-state index in [9.17, 15) is 0 Å². The molecule has 0 saturated carbocycles. The number of aromatic nitrogens is 2. The highest BCUT2D eigenvalue weighted by atomic mass is 15.2. The van der Waals surface area contributed by atoms with Crippen molar-refractivity contribution < 1.29 is 0 Å². The average Bonchev–Trinajstić information content (AvgIpc) is 2.32. The molecule has 0 radical (unpaired) electrons. The van der Waals surface area contributed by atoms with Gasteiger partial charge in [-0.05, 0) is 46.1 Å². The van der Waals surface area contributed by atoms with E-state index in [1.807, 2.05) is 19.3 Å². The molecule has 1 N–H and O–H groups in total. The number of rotatable bonds is 2. The number of nitrogens with one attached hydrogen (secondary N) is 1. The minimum Gasteiger partial charge on any atom is -0.351 e. The first-order chi connectivity index (χ1) is 8.45. The second-order valence-corrected chi connectivity index (χ2v) is 6.16. The van der Waals surface area contributed by atoms with Crippen LogP contribution in [0.3, 0.4) is 0 Å². The number of hydrogen-bond acceptors (Lipinski definition) is 4. The lowest BCUT2D eigenvalue weighted by molar-refractivity contribution is 0.106. The van der Waals surface area contributed by atoms with Gasteiger partial charge in [0, 0.05) is 37.1 Å². The molecule has 0 atom stereocenters. The fourth-order valence-corrected chi connectivity index (χ4v) is 2.34. The van der Waals surface area contributed by atoms with E-state index in [1.165, 1.54) is 0 Å². The molecule has 0 aliphatic carbocycles. The van der Waals surface area contributed by atoms with Crippen LogP contribution in [0, 0.1) is 6.92 Å². The molecule has 100 valence electrons. The second kappa shape index (κ2) is 5.22. The van der Waals surface area contributed by atoms with Crippen LogP contribution in [-0.2, 0) is 0 Å². The van der Waals surface area contributed by atoms with Crippen molar-refractivity contribution in [2.75, 3.05) is 18.4 Å². The number of hydrogen-bond donors (Lipinski definition) is 1. The molecule has 1 aliphatic rings. The Balaban J connectivity index is 1.85. The molecular weight excluding hydrogens is 224 g/mol. The summed E-state index contributed by atoms with van der Waals surface area (Å²) in [6.45, 7) is 11.1. The van der Waals surface area contributed by atoms with E-state index < -0.39 is 0 Å². The van der Waals surface area contributed by atoms with Gasteiger partial charge in [0.1, 0.15) is 0 Å². The highest BCUT2D eigenvalue weighted by molar-refractivity contribution is 5.26. The predicted octanol–water partition coefficient (Wildman–Crippen LogP) is 2.46. The summed E-state index contributed by atoms with van der Waals surface area (Å²) < 4.78 is 0. The zero-order valence-corrected chi connectivity index (χ0v) is 11.9. The van der Waals surface area contributed by atoms with Crippen molar-refractivity contribution in [3.05, 3.63) is 18.0 Å². The smallest absolute Gasteiger partial charge is 0.222 e. The molecule has 0 bridgehead atoms. The fourth-order valence-electron chi connectivity index (χ4n) is 2.34. The summed E-state index contributed by atoms with van der Waals surface area (Å²) in [4.78, 5) is 11.2. The Morgan fingerprint density at radius 1 is 1.17 bits per heavy atom. The van der Waals surface area contributed by atoms with Crippen LogP contribution in [0.2, 0.25) is 0 Å². The molecule has 0 unspecified atom stereocenters. The standard InChI is InChI=1S/C14H24N4/c1-11-9-15-13(16-10-11)17-12-5-7-18(8-6-12)14(2,3)4/h9-10,12H,5-8H2,1-4H3,(H,15,16,17). The molecule has 1 saturated heterocycles. The van der Waals surface area contributed by atoms with Crippen molar-refractivity contribution in [2.45, 2.75) is 52.1 Å². The van der Waals surface area contributed by atoms with Crippen LogP contribution in [0.25, 0.3) is 0 Å². The Kier molecular flexibility index (Phi) is 3.85. The van der Waals surface area contributed by atoms with E-state index in [4.69, 9.17) is 0 Å². The first kappa shape index (κ1) is 13.3. The molecule has 18 heavy (non-hydrogen) atoms. The van der Waals surface area contributed by atoms with Crippen LogP contribution >= 0.6 is 0 Å². The molecule has 2 heterocycles. The van der Waals surface area contributed by atoms with E-state index in [0.29, 0.717) is 6.04 Å². The third kappa shape index (κ3) is 3.42. The van der Waals surface area contributed by atoms with Crippen LogP contribution < -0.4 is 5.32 Å². The van der Waals surface area contributed by atoms with Gasteiger partial charge >= 0.3 is 0 Å². The maximum absolute atomic E-state index is 4.30. The third-order valence-electron chi connectivity index (χ3n) is 3.56. The lowest BCUT2D eigenvalue weighted by Gasteiger charge is -2.41. The molecule has 4 heteroatoms. The summed E-state index contributed by atoms with van der Waals surface area (Å²) >= 11 is 0. The molecule has 0 aromatic carbocycles. The van der Waals surface area contributed by atoms with Crippen molar-refractivity contribution in [1.82, 2.24) is 14.9 Å². The molecule has 0 amide bonds. The summed E-state index contributed by atoms with van der Waals surface area (Å²) in [7, 11) is 0. The third-order valence-corrected chi connectivity index (χ3v) is 3.56. The van der Waals surface area contributed by atoms with Gasteiger partial charge in [0.25, 0.3) is 0 Å². The van der Waals surface area contributed by atoms with Crippen molar-refractivity contribution in [2.24, 2.45) is 0 Å². The van der Waals surface area contributed by atoms with Gasteiger partial charge in [0.15, 0.2) is 0 Å². The van der Waals surface area contributed by atoms with Crippen LogP contribution in [0.1, 0.15) is 39.2 Å². The van der Waals surface area contributed by atoms with Crippen LogP contribution in [0.5, 0.6) is 0 Å². The van der Waals surface area contributed by atoms with Crippen molar-refractivity contribution in [1.29, 1.82) is 0 Å². The zero-order chi connectivity index (χ0) is 13.2. The maximum Gasteiger partial charge on any atom is 0.222 e. The number of likely N-dealkylation sites (tertiary alicyclic amines) is 1. The highest BCUT2D eigenvalue weighted by Gasteiger charge is 2.26. The Labute approximate surface area is 110 Å². The van der Waals surface area contributed by atoms with Crippen LogP contribution in [-0.4, -0.2) is 39.5 Å². The number of piperidine rings is 1. The van der Waals surface area contributed by atoms with E-state index in [-0.39, 0.29) is 5.54 Å². The van der Waals surface area contributed by atoms with E-state index in [2.05, 4.69) is 41.0 Å². The molecule has 1 fully saturated rings. The zero-order valence-electron chi connectivity index (χ0n) is 11.9. The minimum atomic E-state index is 0.283. The van der Waals surface area contributed by atoms with Gasteiger partial charge < -0.3 is 5.32 Å². The molecule has 2 rings (SSSR count). The predicted molar refractivity (Wildman–Crippen MR) is 74.7 cm³/mol. The van der Waals surface area contributed by atoms with Gasteiger partial charge in [0.05, 0.1) is 0 Å². The summed E-state index contributed by atoms with van der Waals surface area (Å²) in [5, 5.41) is 3.43. The van der Waals surface area contributed by atoms with E-state index >= 15 is 0 Å². The van der Waals surface area contributed by atoms with Gasteiger partial charge in [-0.25, -0.2) is 9.97 Å².